The lowest BCUT2D eigenvalue weighted by Gasteiger charge is -2.29. The van der Waals surface area contributed by atoms with Crippen LogP contribution < -0.4 is 54.4 Å². The number of hydrogen-bond acceptors (Lipinski definition) is 11. The largest absolute Gasteiger partial charge is 0.394 e. The molecular formula is C31H46N12O10. The smallest absolute Gasteiger partial charge is 0.247 e. The molecule has 53 heavy (non-hydrogen) atoms. The molecule has 0 aromatic heterocycles. The van der Waals surface area contributed by atoms with E-state index in [2.05, 4.69) is 37.2 Å². The minimum Gasteiger partial charge on any atom is -0.394 e. The number of carbonyl (C=O) groups is 9. The summed E-state index contributed by atoms with van der Waals surface area (Å²) < 4.78 is 0. The fourth-order valence-electron chi connectivity index (χ4n) is 4.96. The van der Waals surface area contributed by atoms with Crippen molar-refractivity contribution in [1.82, 2.24) is 42.1 Å². The maximum absolute atomic E-state index is 13.9. The highest BCUT2D eigenvalue weighted by Gasteiger charge is 2.32. The molecule has 1 aliphatic rings. The number of aliphatic hydroxyl groups excluding tert-OH is 1. The highest BCUT2D eigenvalue weighted by molar-refractivity contribution is 6.01. The summed E-state index contributed by atoms with van der Waals surface area (Å²) in [4.78, 5) is 116. The Balaban J connectivity index is 2.50. The summed E-state index contributed by atoms with van der Waals surface area (Å²) in [5.74, 6) is -8.81. The van der Waals surface area contributed by atoms with Gasteiger partial charge >= 0.3 is 0 Å². The summed E-state index contributed by atoms with van der Waals surface area (Å²) in [5, 5.41) is 33.8. The summed E-state index contributed by atoms with van der Waals surface area (Å²) in [6.45, 7) is -2.96. The number of rotatable bonds is 12. The zero-order chi connectivity index (χ0) is 39.5. The van der Waals surface area contributed by atoms with E-state index in [-0.39, 0.29) is 44.6 Å². The Bertz CT molecular complexity index is 1530. The van der Waals surface area contributed by atoms with Gasteiger partial charge in [-0.2, -0.15) is 0 Å². The maximum Gasteiger partial charge on any atom is 0.247 e. The molecule has 22 nitrogen and oxygen atoms in total. The molecular weight excluding hydrogens is 700 g/mol. The fraction of sp³-hybridized carbons (Fsp3) is 0.484. The predicted molar refractivity (Wildman–Crippen MR) is 184 cm³/mol. The van der Waals surface area contributed by atoms with Crippen LogP contribution in [0.5, 0.6) is 0 Å². The van der Waals surface area contributed by atoms with Crippen LogP contribution in [-0.4, -0.2) is 126 Å². The number of nitrogens with two attached hydrogens (primary N) is 3. The molecule has 1 saturated heterocycles. The minimum absolute atomic E-state index is 0.0663. The minimum atomic E-state index is -1.63. The fourth-order valence-corrected chi connectivity index (χ4v) is 4.96. The molecule has 290 valence electrons. The lowest BCUT2D eigenvalue weighted by molar-refractivity contribution is -0.141. The van der Waals surface area contributed by atoms with E-state index >= 15 is 0 Å². The average Bonchev–Trinajstić information content (AvgIpc) is 3.09. The zero-order valence-electron chi connectivity index (χ0n) is 28.8. The van der Waals surface area contributed by atoms with Gasteiger partial charge in [0.2, 0.25) is 53.2 Å². The zero-order valence-corrected chi connectivity index (χ0v) is 28.8. The Morgan fingerprint density at radius 1 is 0.774 bits per heavy atom. The number of guanidine groups is 1. The highest BCUT2D eigenvalue weighted by atomic mass is 16.3. The molecule has 22 heteroatoms. The quantitative estimate of drug-likeness (QED) is 0.0411. The van der Waals surface area contributed by atoms with E-state index < -0.39 is 110 Å². The number of benzene rings is 1. The van der Waals surface area contributed by atoms with Crippen LogP contribution in [0.4, 0.5) is 0 Å². The van der Waals surface area contributed by atoms with Crippen molar-refractivity contribution in [2.75, 3.05) is 32.9 Å². The van der Waals surface area contributed by atoms with Crippen LogP contribution in [0.3, 0.4) is 0 Å². The van der Waals surface area contributed by atoms with Crippen LogP contribution in [-0.2, 0) is 49.6 Å². The van der Waals surface area contributed by atoms with Gasteiger partial charge in [-0.3, -0.25) is 48.6 Å². The van der Waals surface area contributed by atoms with Crippen molar-refractivity contribution in [1.29, 1.82) is 5.41 Å². The first-order valence-corrected chi connectivity index (χ1v) is 16.4. The van der Waals surface area contributed by atoms with Crippen molar-refractivity contribution in [2.45, 2.75) is 62.7 Å². The summed E-state index contributed by atoms with van der Waals surface area (Å²) in [6.07, 6.45) is -1.61. The van der Waals surface area contributed by atoms with E-state index in [1.54, 1.807) is 30.3 Å². The Hall–Kier alpha value is -6.32. The summed E-state index contributed by atoms with van der Waals surface area (Å²) in [6, 6.07) is 2.51. The third-order valence-corrected chi connectivity index (χ3v) is 7.55. The Labute approximate surface area is 303 Å². The second-order valence-electron chi connectivity index (χ2n) is 11.9. The third-order valence-electron chi connectivity index (χ3n) is 7.55. The molecule has 1 heterocycles. The molecule has 0 aliphatic carbocycles. The van der Waals surface area contributed by atoms with Crippen LogP contribution in [0.1, 0.15) is 37.7 Å². The second-order valence-corrected chi connectivity index (χ2v) is 11.9. The van der Waals surface area contributed by atoms with Crippen molar-refractivity contribution in [2.24, 2.45) is 17.2 Å². The Morgan fingerprint density at radius 3 is 1.96 bits per heavy atom. The van der Waals surface area contributed by atoms with E-state index in [0.717, 1.165) is 4.90 Å². The van der Waals surface area contributed by atoms with Gasteiger partial charge in [0.25, 0.3) is 0 Å². The van der Waals surface area contributed by atoms with Crippen molar-refractivity contribution < 1.29 is 48.3 Å². The Kier molecular flexibility index (Phi) is 17.6. The predicted octanol–water partition coefficient (Wildman–Crippen LogP) is -6.40. The number of aliphatic hydroxyl groups is 1. The van der Waals surface area contributed by atoms with E-state index in [4.69, 9.17) is 22.6 Å². The number of hydrogen-bond donors (Lipinski definition) is 12. The number of nitrogens with zero attached hydrogens (tertiary/aromatic N) is 1. The van der Waals surface area contributed by atoms with Gasteiger partial charge in [-0.05, 0) is 24.8 Å². The monoisotopic (exact) mass is 746 g/mol. The van der Waals surface area contributed by atoms with Crippen molar-refractivity contribution in [3.63, 3.8) is 0 Å². The van der Waals surface area contributed by atoms with Gasteiger partial charge in [0.1, 0.15) is 37.1 Å². The molecule has 0 radical (unpaired) electrons. The topological polar surface area (TPSA) is 363 Å². The summed E-state index contributed by atoms with van der Waals surface area (Å²) in [5.41, 5.74) is 16.4. The number of nitrogens with one attached hydrogen (secondary N) is 8. The van der Waals surface area contributed by atoms with Crippen LogP contribution in [0.25, 0.3) is 0 Å². The van der Waals surface area contributed by atoms with Crippen LogP contribution >= 0.6 is 0 Å². The Morgan fingerprint density at radius 2 is 1.38 bits per heavy atom. The van der Waals surface area contributed by atoms with Gasteiger partial charge in [0.15, 0.2) is 5.96 Å². The second kappa shape index (κ2) is 21.8. The number of primary amides is 2. The van der Waals surface area contributed by atoms with Crippen molar-refractivity contribution in [3.05, 3.63) is 35.9 Å². The maximum atomic E-state index is 13.9. The van der Waals surface area contributed by atoms with E-state index in [1.807, 2.05) is 0 Å². The van der Waals surface area contributed by atoms with Crippen LogP contribution in [0.15, 0.2) is 30.3 Å². The SMILES string of the molecule is N=C(N)NCCC[C@@H]1NC(=O)CC(=O)NC(CCC(N)=O)C(=O)NCC(=O)NC(CO)C(=O)N[C@@H](Cc2ccccc2)C(=O)N(CC(N)=O)CNC1=O. The number of amides is 9. The standard InChI is InChI=1S/C31H46N12O10/c32-22(45)9-8-19-27(50)37-13-26(49)41-21(15-44)29(52)42-20(11-17-5-2-1-3-6-17)30(53)43(14-23(33)46)16-38-28(51)18(7-4-10-36-31(34)35)39-24(47)12-25(48)40-19/h1-3,5-6,18-21,44H,4,7-16H2,(H2,32,45)(H2,33,46)(H,37,50)(H,38,51)(H,39,47)(H,40,48)(H,41,49)(H,42,52)(H4,34,35,36)/t18-,19?,20-,21?/m0/s1. The van der Waals surface area contributed by atoms with E-state index in [0.29, 0.717) is 5.56 Å². The molecule has 1 aliphatic heterocycles. The van der Waals surface area contributed by atoms with Gasteiger partial charge in [-0.25, -0.2) is 0 Å². The molecule has 1 aromatic carbocycles. The van der Waals surface area contributed by atoms with E-state index in [9.17, 15) is 48.3 Å². The first-order valence-electron chi connectivity index (χ1n) is 16.4. The molecule has 0 saturated carbocycles. The molecule has 4 atom stereocenters. The molecule has 9 amide bonds. The molecule has 1 aromatic rings. The molecule has 0 spiro atoms. The normalized spacial score (nSPS) is 21.4. The van der Waals surface area contributed by atoms with Gasteiger partial charge in [-0.1, -0.05) is 30.3 Å². The first kappa shape index (κ1) is 42.8. The lowest BCUT2D eigenvalue weighted by atomic mass is 10.0. The highest BCUT2D eigenvalue weighted by Crippen LogP contribution is 2.08. The molecule has 1 fully saturated rings. The number of carbonyl (C=O) groups excluding carboxylic acids is 9. The summed E-state index contributed by atoms with van der Waals surface area (Å²) >= 11 is 0. The first-order chi connectivity index (χ1) is 25.1. The van der Waals surface area contributed by atoms with Crippen LogP contribution in [0.2, 0.25) is 0 Å². The molecule has 2 rings (SSSR count). The molecule has 15 N–H and O–H groups in total. The van der Waals surface area contributed by atoms with Gasteiger partial charge in [0, 0.05) is 19.4 Å². The van der Waals surface area contributed by atoms with Gasteiger partial charge in [0.05, 0.1) is 19.8 Å². The van der Waals surface area contributed by atoms with Gasteiger partial charge < -0.3 is 64.4 Å². The van der Waals surface area contributed by atoms with Gasteiger partial charge in [-0.15, -0.1) is 0 Å². The van der Waals surface area contributed by atoms with Crippen molar-refractivity contribution >= 4 is 59.1 Å². The molecule has 2 unspecified atom stereocenters. The molecule has 0 bridgehead atoms. The lowest BCUT2D eigenvalue weighted by Crippen LogP contribution is -2.59. The third kappa shape index (κ3) is 16.1. The van der Waals surface area contributed by atoms with E-state index in [1.165, 1.54) is 0 Å². The van der Waals surface area contributed by atoms with Crippen LogP contribution in [0, 0.1) is 5.41 Å². The summed E-state index contributed by atoms with van der Waals surface area (Å²) in [7, 11) is 0. The average molecular weight is 747 g/mol. The van der Waals surface area contributed by atoms with Crippen molar-refractivity contribution in [3.8, 4) is 0 Å².